The van der Waals surface area contributed by atoms with E-state index in [1.165, 1.54) is 71.6 Å². The van der Waals surface area contributed by atoms with Gasteiger partial charge in [0, 0.05) is 33.2 Å². The average Bonchev–Trinajstić information content (AvgIpc) is 3.68. The fourth-order valence-electron chi connectivity index (χ4n) is 9.78. The summed E-state index contributed by atoms with van der Waals surface area (Å²) >= 11 is 0. The van der Waals surface area contributed by atoms with Crippen molar-refractivity contribution >= 4 is 42.4 Å². The molecule has 0 bridgehead atoms. The van der Waals surface area contributed by atoms with Crippen molar-refractivity contribution in [2.75, 3.05) is 0 Å². The van der Waals surface area contributed by atoms with Crippen molar-refractivity contribution in [3.8, 4) is 39.1 Å². The lowest BCUT2D eigenvalue weighted by Crippen LogP contribution is -2.10. The third-order valence-corrected chi connectivity index (χ3v) is 15.0. The molecule has 3 nitrogen and oxygen atoms in total. The highest BCUT2D eigenvalue weighted by Gasteiger charge is 2.36. The topological polar surface area (TPSA) is 39.1 Å². The van der Waals surface area contributed by atoms with Crippen LogP contribution in [0.4, 0.5) is 0 Å². The second-order valence-corrected chi connectivity index (χ2v) is 20.9. The van der Waals surface area contributed by atoms with E-state index in [-0.39, 0.29) is 10.8 Å². The van der Waals surface area contributed by atoms with Crippen molar-refractivity contribution in [1.82, 2.24) is 4.57 Å². The van der Waals surface area contributed by atoms with Gasteiger partial charge in [0.2, 0.25) is 9.84 Å². The molecular formula is C56H47NO2S. The van der Waals surface area contributed by atoms with Crippen LogP contribution in [0.3, 0.4) is 0 Å². The van der Waals surface area contributed by atoms with Gasteiger partial charge in [0.15, 0.2) is 0 Å². The van der Waals surface area contributed by atoms with Crippen LogP contribution < -0.4 is 0 Å². The lowest BCUT2D eigenvalue weighted by molar-refractivity contribution is 0.590. The first-order valence-electron chi connectivity index (χ1n) is 21.1. The molecule has 0 N–H and O–H groups in total. The molecule has 0 saturated carbocycles. The van der Waals surface area contributed by atoms with Crippen molar-refractivity contribution in [3.05, 3.63) is 185 Å². The maximum atomic E-state index is 14.0. The zero-order chi connectivity index (χ0) is 41.3. The van der Waals surface area contributed by atoms with Crippen LogP contribution in [0.2, 0.25) is 0 Å². The summed E-state index contributed by atoms with van der Waals surface area (Å²) < 4.78 is 30.4. The molecule has 2 heterocycles. The van der Waals surface area contributed by atoms with Crippen LogP contribution in [0, 0.1) is 0 Å². The monoisotopic (exact) mass is 797 g/mol. The van der Waals surface area contributed by atoms with Gasteiger partial charge in [-0.2, -0.15) is 0 Å². The predicted octanol–water partition coefficient (Wildman–Crippen LogP) is 14.2. The summed E-state index contributed by atoms with van der Waals surface area (Å²) in [4.78, 5) is 0.790. The summed E-state index contributed by atoms with van der Waals surface area (Å²) in [6.07, 6.45) is 1.74. The van der Waals surface area contributed by atoms with E-state index in [0.717, 1.165) is 46.2 Å². The number of rotatable bonds is 3. The molecule has 1 aromatic heterocycles. The predicted molar refractivity (Wildman–Crippen MR) is 250 cm³/mol. The molecule has 294 valence electrons. The highest BCUT2D eigenvalue weighted by Crippen LogP contribution is 2.49. The Labute approximate surface area is 352 Å². The number of benzene rings is 8. The van der Waals surface area contributed by atoms with Gasteiger partial charge in [-0.3, -0.25) is 0 Å². The standard InChI is InChI=1S/C56H47NO2S/c1-55(2,3)43-19-22-51-48(32-43)49-33-44(56(4,5)6)20-23-52(49)57(51)45-21-17-37-27-40-28-39-25-35(15-16-36(39)26-41(40)29-42(37)30-45)38-18-24-53-50(31-38)47-14-10-13-46(54(47)60(53,58)59)34-11-8-7-9-12-34/h7-25,27,29-33H,26,28H2,1-6H3. The maximum absolute atomic E-state index is 14.0. The fraction of sp³-hybridized carbons (Fsp3) is 0.179. The van der Waals surface area contributed by atoms with E-state index in [1.807, 2.05) is 54.6 Å². The zero-order valence-corrected chi connectivity index (χ0v) is 35.8. The first kappa shape index (κ1) is 36.8. The number of hydrogen-bond acceptors (Lipinski definition) is 2. The van der Waals surface area contributed by atoms with Gasteiger partial charge in [0.25, 0.3) is 0 Å². The molecule has 1 aliphatic heterocycles. The van der Waals surface area contributed by atoms with Crippen molar-refractivity contribution in [3.63, 3.8) is 0 Å². The van der Waals surface area contributed by atoms with Crippen LogP contribution in [0.15, 0.2) is 161 Å². The van der Waals surface area contributed by atoms with Gasteiger partial charge in [-0.05, 0) is 133 Å². The third-order valence-electron chi connectivity index (χ3n) is 13.1. The van der Waals surface area contributed by atoms with E-state index in [0.29, 0.717) is 9.79 Å². The number of nitrogens with zero attached hydrogens (tertiary/aromatic N) is 1. The molecule has 0 atom stereocenters. The molecule has 2 aliphatic rings. The Hall–Kier alpha value is -6.23. The number of fused-ring (bicyclic) bond motifs is 9. The minimum absolute atomic E-state index is 0.0556. The van der Waals surface area contributed by atoms with Gasteiger partial charge in [-0.25, -0.2) is 8.42 Å². The number of aromatic nitrogens is 1. The van der Waals surface area contributed by atoms with E-state index in [9.17, 15) is 8.42 Å². The molecule has 9 aromatic rings. The second-order valence-electron chi connectivity index (χ2n) is 19.1. The second kappa shape index (κ2) is 12.9. The number of hydrogen-bond donors (Lipinski definition) is 0. The van der Waals surface area contributed by atoms with Gasteiger partial charge in [-0.1, -0.05) is 145 Å². The Bertz CT molecular complexity index is 3320. The van der Waals surface area contributed by atoms with Crippen LogP contribution in [0.5, 0.6) is 0 Å². The fourth-order valence-corrected chi connectivity index (χ4v) is 11.7. The smallest absolute Gasteiger partial charge is 0.208 e. The molecule has 11 rings (SSSR count). The molecule has 0 radical (unpaired) electrons. The third kappa shape index (κ3) is 5.72. The van der Waals surface area contributed by atoms with Gasteiger partial charge in [0.1, 0.15) is 0 Å². The molecule has 60 heavy (non-hydrogen) atoms. The Morgan fingerprint density at radius 2 is 1.05 bits per heavy atom. The van der Waals surface area contributed by atoms with Crippen molar-refractivity contribution < 1.29 is 8.42 Å². The normalized spacial score (nSPS) is 14.3. The quantitative estimate of drug-likeness (QED) is 0.179. The van der Waals surface area contributed by atoms with Crippen molar-refractivity contribution in [2.45, 2.75) is 75.0 Å². The van der Waals surface area contributed by atoms with E-state index >= 15 is 0 Å². The SMILES string of the molecule is CC(C)(C)c1ccc2c(c1)c1cc(C(C)(C)C)ccc1n2-c1ccc2cc3c(cc2c1)Cc1ccc(-c2ccc4c(c2)-c2cccc(-c5ccccc5)c2S4(=O)=O)cc1C3. The molecule has 0 amide bonds. The average molecular weight is 798 g/mol. The van der Waals surface area contributed by atoms with Gasteiger partial charge in [0.05, 0.1) is 20.8 Å². The van der Waals surface area contributed by atoms with E-state index in [1.54, 1.807) is 6.07 Å². The summed E-state index contributed by atoms with van der Waals surface area (Å²) in [5.74, 6) is 0. The first-order valence-corrected chi connectivity index (χ1v) is 22.6. The molecule has 1 aliphatic carbocycles. The summed E-state index contributed by atoms with van der Waals surface area (Å²) in [6.45, 7) is 13.8. The summed E-state index contributed by atoms with van der Waals surface area (Å²) in [5.41, 5.74) is 17.2. The van der Waals surface area contributed by atoms with E-state index in [4.69, 9.17) is 0 Å². The Morgan fingerprint density at radius 3 is 1.73 bits per heavy atom. The van der Waals surface area contributed by atoms with E-state index < -0.39 is 9.84 Å². The first-order chi connectivity index (χ1) is 28.7. The van der Waals surface area contributed by atoms with Crippen LogP contribution in [-0.4, -0.2) is 13.0 Å². The van der Waals surface area contributed by atoms with Crippen LogP contribution >= 0.6 is 0 Å². The Balaban J connectivity index is 0.948. The molecule has 0 saturated heterocycles. The molecule has 0 fully saturated rings. The molecule has 0 spiro atoms. The molecule has 8 aromatic carbocycles. The summed E-state index contributed by atoms with van der Waals surface area (Å²) in [7, 11) is -3.66. The van der Waals surface area contributed by atoms with Crippen LogP contribution in [0.1, 0.15) is 74.9 Å². The lowest BCUT2D eigenvalue weighted by atomic mass is 9.83. The van der Waals surface area contributed by atoms with Crippen molar-refractivity contribution in [1.29, 1.82) is 0 Å². The van der Waals surface area contributed by atoms with Crippen LogP contribution in [0.25, 0.3) is 71.6 Å². The highest BCUT2D eigenvalue weighted by atomic mass is 32.2. The summed E-state index contributed by atoms with van der Waals surface area (Å²) in [6, 6.07) is 54.1. The largest absolute Gasteiger partial charge is 0.309 e. The van der Waals surface area contributed by atoms with Gasteiger partial charge >= 0.3 is 0 Å². The molecule has 4 heteroatoms. The van der Waals surface area contributed by atoms with Gasteiger partial charge in [-0.15, -0.1) is 0 Å². The van der Waals surface area contributed by atoms with Gasteiger partial charge < -0.3 is 4.57 Å². The minimum atomic E-state index is -3.66. The number of sulfone groups is 1. The van der Waals surface area contributed by atoms with E-state index in [2.05, 4.69) is 137 Å². The summed E-state index contributed by atoms with van der Waals surface area (Å²) in [5, 5.41) is 5.10. The Kier molecular flexibility index (Phi) is 7.91. The lowest BCUT2D eigenvalue weighted by Gasteiger charge is -2.22. The maximum Gasteiger partial charge on any atom is 0.208 e. The Morgan fingerprint density at radius 1 is 0.450 bits per heavy atom. The zero-order valence-electron chi connectivity index (χ0n) is 35.0. The molecule has 0 unspecified atom stereocenters. The van der Waals surface area contributed by atoms with Crippen LogP contribution in [-0.2, 0) is 33.5 Å². The highest BCUT2D eigenvalue weighted by molar-refractivity contribution is 7.92. The minimum Gasteiger partial charge on any atom is -0.309 e. The van der Waals surface area contributed by atoms with Crippen molar-refractivity contribution in [2.24, 2.45) is 0 Å². The molecular weight excluding hydrogens is 751 g/mol.